The monoisotopic (exact) mass is 454 g/mol. The van der Waals surface area contributed by atoms with Gasteiger partial charge in [0.1, 0.15) is 18.0 Å². The third-order valence-electron chi connectivity index (χ3n) is 6.54. The second-order valence-electron chi connectivity index (χ2n) is 10.2. The molecule has 0 aliphatic rings. The lowest BCUT2D eigenvalue weighted by Gasteiger charge is -2.36. The Labute approximate surface area is 187 Å². The Morgan fingerprint density at radius 2 is 1.77 bits per heavy atom. The minimum atomic E-state index is -2.01. The van der Waals surface area contributed by atoms with Crippen molar-refractivity contribution < 1.29 is 28.2 Å². The van der Waals surface area contributed by atoms with Crippen LogP contribution in [0.25, 0.3) is 0 Å². The van der Waals surface area contributed by atoms with Crippen molar-refractivity contribution in [2.45, 2.75) is 90.6 Å². The third kappa shape index (κ3) is 8.13. The Balaban J connectivity index is 2.97. The van der Waals surface area contributed by atoms with Crippen LogP contribution in [-0.4, -0.2) is 37.9 Å². The summed E-state index contributed by atoms with van der Waals surface area (Å²) in [5.74, 6) is -1.49. The van der Waals surface area contributed by atoms with E-state index in [4.69, 9.17) is 4.43 Å². The zero-order valence-corrected chi connectivity index (χ0v) is 21.3. The molecule has 1 unspecified atom stereocenters. The number of esters is 1. The number of ketones is 1. The molecule has 0 radical (unpaired) electrons. The van der Waals surface area contributed by atoms with Gasteiger partial charge in [0.05, 0.1) is 19.3 Å². The van der Waals surface area contributed by atoms with E-state index >= 15 is 0 Å². The third-order valence-corrected chi connectivity index (χ3v) is 11.0. The first-order chi connectivity index (χ1) is 14.1. The summed E-state index contributed by atoms with van der Waals surface area (Å²) < 4.78 is 24.8. The fourth-order valence-corrected chi connectivity index (χ4v) is 3.97. The minimum Gasteiger partial charge on any atom is -0.469 e. The highest BCUT2D eigenvalue weighted by Crippen LogP contribution is 2.37. The first-order valence-electron chi connectivity index (χ1n) is 10.8. The van der Waals surface area contributed by atoms with E-state index in [-0.39, 0.29) is 35.4 Å². The molecule has 7 heteroatoms. The van der Waals surface area contributed by atoms with Gasteiger partial charge in [0.15, 0.2) is 8.32 Å². The predicted molar refractivity (Wildman–Crippen MR) is 123 cm³/mol. The smallest absolute Gasteiger partial charge is 0.313 e. The van der Waals surface area contributed by atoms with Crippen molar-refractivity contribution >= 4 is 20.1 Å². The SMILES string of the molecule is COC(=O)CC(=O)CC(O)(CCc1ccc(F)cc1CO[Si](C)(C)C(C)(C)C)C(C)C. The number of halogens is 1. The summed E-state index contributed by atoms with van der Waals surface area (Å²) in [5, 5.41) is 11.2. The molecule has 0 bridgehead atoms. The molecule has 5 nitrogen and oxygen atoms in total. The van der Waals surface area contributed by atoms with E-state index in [2.05, 4.69) is 38.6 Å². The molecular weight excluding hydrogens is 415 g/mol. The largest absolute Gasteiger partial charge is 0.469 e. The summed E-state index contributed by atoms with van der Waals surface area (Å²) in [4.78, 5) is 23.6. The van der Waals surface area contributed by atoms with Gasteiger partial charge >= 0.3 is 5.97 Å². The highest BCUT2D eigenvalue weighted by atomic mass is 28.4. The van der Waals surface area contributed by atoms with Gasteiger partial charge in [0, 0.05) is 6.42 Å². The van der Waals surface area contributed by atoms with Crippen LogP contribution in [0.1, 0.15) is 65.0 Å². The van der Waals surface area contributed by atoms with Crippen molar-refractivity contribution in [3.05, 3.63) is 35.1 Å². The van der Waals surface area contributed by atoms with E-state index in [0.717, 1.165) is 11.1 Å². The molecule has 0 aliphatic heterocycles. The van der Waals surface area contributed by atoms with E-state index in [1.54, 1.807) is 6.07 Å². The van der Waals surface area contributed by atoms with Crippen molar-refractivity contribution in [2.75, 3.05) is 7.11 Å². The molecule has 1 aromatic carbocycles. The first-order valence-corrected chi connectivity index (χ1v) is 13.7. The number of benzene rings is 1. The lowest BCUT2D eigenvalue weighted by molar-refractivity contribution is -0.144. The maximum Gasteiger partial charge on any atom is 0.313 e. The standard InChI is InChI=1S/C24H39FO5Si/c1-17(2)24(28,15-21(26)14-22(27)29-6)12-11-18-9-10-20(25)13-19(18)16-30-31(7,8)23(3,4)5/h9-10,13,17,28H,11-12,14-16H2,1-8H3. The number of ether oxygens (including phenoxy) is 1. The van der Waals surface area contributed by atoms with E-state index in [9.17, 15) is 19.1 Å². The predicted octanol–water partition coefficient (Wildman–Crippen LogP) is 5.19. The summed E-state index contributed by atoms with van der Waals surface area (Å²) >= 11 is 0. The van der Waals surface area contributed by atoms with Gasteiger partial charge in [-0.2, -0.15) is 0 Å². The number of rotatable bonds is 11. The number of methoxy groups -OCH3 is 1. The summed E-state index contributed by atoms with van der Waals surface area (Å²) in [6.07, 6.45) is 0.303. The first kappa shape index (κ1) is 27.5. The Kier molecular flexibility index (Phi) is 9.60. The summed E-state index contributed by atoms with van der Waals surface area (Å²) in [6, 6.07) is 4.61. The van der Waals surface area contributed by atoms with E-state index in [1.807, 2.05) is 13.8 Å². The molecule has 31 heavy (non-hydrogen) atoms. The zero-order chi connectivity index (χ0) is 24.0. The number of hydrogen-bond donors (Lipinski definition) is 1. The van der Waals surface area contributed by atoms with Crippen molar-refractivity contribution in [3.63, 3.8) is 0 Å². The average Bonchev–Trinajstić information content (AvgIpc) is 2.64. The van der Waals surface area contributed by atoms with Crippen molar-refractivity contribution in [3.8, 4) is 0 Å². The van der Waals surface area contributed by atoms with Crippen molar-refractivity contribution in [2.24, 2.45) is 5.92 Å². The van der Waals surface area contributed by atoms with Gasteiger partial charge in [-0.05, 0) is 60.2 Å². The van der Waals surface area contributed by atoms with Crippen LogP contribution in [0.15, 0.2) is 18.2 Å². The number of hydrogen-bond acceptors (Lipinski definition) is 5. The Morgan fingerprint density at radius 3 is 2.29 bits per heavy atom. The zero-order valence-electron chi connectivity index (χ0n) is 20.3. The molecule has 0 saturated carbocycles. The van der Waals surface area contributed by atoms with Crippen LogP contribution in [0.4, 0.5) is 4.39 Å². The molecule has 1 rings (SSSR count). The van der Waals surface area contributed by atoms with E-state index in [0.29, 0.717) is 19.4 Å². The summed E-state index contributed by atoms with van der Waals surface area (Å²) in [5.41, 5.74) is 0.383. The van der Waals surface area contributed by atoms with Crippen LogP contribution in [0, 0.1) is 11.7 Å². The lowest BCUT2D eigenvalue weighted by Crippen LogP contribution is -2.40. The topological polar surface area (TPSA) is 72.8 Å². The van der Waals surface area contributed by atoms with Gasteiger partial charge < -0.3 is 14.3 Å². The maximum atomic E-state index is 13.9. The molecule has 0 heterocycles. The highest BCUT2D eigenvalue weighted by Gasteiger charge is 2.37. The quantitative estimate of drug-likeness (QED) is 0.283. The van der Waals surface area contributed by atoms with Crippen LogP contribution in [0.2, 0.25) is 18.1 Å². The van der Waals surface area contributed by atoms with Gasteiger partial charge in [-0.25, -0.2) is 4.39 Å². The molecule has 1 aromatic rings. The second kappa shape index (κ2) is 10.8. The van der Waals surface area contributed by atoms with E-state index in [1.165, 1.54) is 19.2 Å². The lowest BCUT2D eigenvalue weighted by atomic mass is 9.80. The molecule has 0 aliphatic carbocycles. The van der Waals surface area contributed by atoms with Crippen LogP contribution >= 0.6 is 0 Å². The molecule has 0 amide bonds. The molecule has 0 saturated heterocycles. The second-order valence-corrected chi connectivity index (χ2v) is 15.0. The fraction of sp³-hybridized carbons (Fsp3) is 0.667. The van der Waals surface area contributed by atoms with Gasteiger partial charge in [-0.3, -0.25) is 9.59 Å². The number of aliphatic hydroxyl groups is 1. The molecule has 0 aromatic heterocycles. The van der Waals surface area contributed by atoms with E-state index < -0.39 is 19.9 Å². The van der Waals surface area contributed by atoms with Crippen LogP contribution < -0.4 is 0 Å². The summed E-state index contributed by atoms with van der Waals surface area (Å²) in [7, 11) is -0.779. The Hall–Kier alpha value is -1.57. The average molecular weight is 455 g/mol. The molecule has 176 valence electrons. The van der Waals surface area contributed by atoms with Crippen LogP contribution in [-0.2, 0) is 31.8 Å². The molecule has 1 N–H and O–H groups in total. The minimum absolute atomic E-state index is 0.0401. The Morgan fingerprint density at radius 1 is 1.16 bits per heavy atom. The van der Waals surface area contributed by atoms with Crippen molar-refractivity contribution in [1.82, 2.24) is 0 Å². The van der Waals surface area contributed by atoms with Gasteiger partial charge in [-0.15, -0.1) is 0 Å². The number of Topliss-reactive ketones (excluding diaryl/α,β-unsaturated/α-hetero) is 1. The Bertz CT molecular complexity index is 770. The maximum absolute atomic E-state index is 13.9. The number of carbonyl (C=O) groups is 2. The normalized spacial score (nSPS) is 14.4. The van der Waals surface area contributed by atoms with Gasteiger partial charge in [0.25, 0.3) is 0 Å². The molecule has 0 fully saturated rings. The highest BCUT2D eigenvalue weighted by molar-refractivity contribution is 6.74. The summed E-state index contributed by atoms with van der Waals surface area (Å²) in [6.45, 7) is 14.8. The van der Waals surface area contributed by atoms with Gasteiger partial charge in [0.2, 0.25) is 0 Å². The van der Waals surface area contributed by atoms with Crippen molar-refractivity contribution in [1.29, 1.82) is 0 Å². The van der Waals surface area contributed by atoms with Crippen LogP contribution in [0.5, 0.6) is 0 Å². The molecule has 1 atom stereocenters. The molecule has 0 spiro atoms. The van der Waals surface area contributed by atoms with Crippen LogP contribution in [0.3, 0.4) is 0 Å². The molecular formula is C24H39FO5Si. The van der Waals surface area contributed by atoms with Gasteiger partial charge in [-0.1, -0.05) is 40.7 Å². The number of aryl methyl sites for hydroxylation is 1. The number of carbonyl (C=O) groups excluding carboxylic acids is 2. The fourth-order valence-electron chi connectivity index (χ4n) is 3.02.